The van der Waals surface area contributed by atoms with E-state index in [4.69, 9.17) is 0 Å². The number of hydrogen-bond acceptors (Lipinski definition) is 4. The maximum atomic E-state index is 12.4. The largest absolute Gasteiger partial charge is 0.352 e. The fourth-order valence-corrected chi connectivity index (χ4v) is 2.55. The topological polar surface area (TPSA) is 72.2 Å². The van der Waals surface area contributed by atoms with E-state index in [1.54, 1.807) is 10.7 Å². The van der Waals surface area contributed by atoms with Crippen LogP contribution in [0.4, 0.5) is 0 Å². The van der Waals surface area contributed by atoms with Crippen molar-refractivity contribution in [1.29, 1.82) is 0 Å². The first-order valence-electron chi connectivity index (χ1n) is 8.12. The first-order chi connectivity index (χ1) is 10.6. The summed E-state index contributed by atoms with van der Waals surface area (Å²) in [6.07, 6.45) is 8.96. The molecule has 2 heterocycles. The molecule has 0 bridgehead atoms. The second-order valence-corrected chi connectivity index (χ2v) is 5.85. The molecule has 22 heavy (non-hydrogen) atoms. The molecule has 0 radical (unpaired) electrons. The van der Waals surface area contributed by atoms with Crippen LogP contribution in [0.15, 0.2) is 12.5 Å². The van der Waals surface area contributed by atoms with E-state index >= 15 is 0 Å². The zero-order chi connectivity index (χ0) is 15.9. The maximum absolute atomic E-state index is 12.4. The van der Waals surface area contributed by atoms with Gasteiger partial charge in [0.05, 0.1) is 11.3 Å². The van der Waals surface area contributed by atoms with Gasteiger partial charge in [-0.15, -0.1) is 0 Å². The summed E-state index contributed by atoms with van der Waals surface area (Å²) in [7, 11) is 0. The Morgan fingerprint density at radius 1 is 1.23 bits per heavy atom. The lowest BCUT2D eigenvalue weighted by atomic mass is 10.0. The molecule has 6 heteroatoms. The van der Waals surface area contributed by atoms with Crippen molar-refractivity contribution >= 4 is 11.7 Å². The van der Waals surface area contributed by atoms with E-state index in [9.17, 15) is 4.79 Å². The number of nitrogens with one attached hydrogen (secondary N) is 1. The summed E-state index contributed by atoms with van der Waals surface area (Å²) in [6, 6.07) is 0. The monoisotopic (exact) mass is 303 g/mol. The van der Waals surface area contributed by atoms with Crippen molar-refractivity contribution < 1.29 is 4.79 Å². The number of carbonyl (C=O) groups excluding carboxylic acids is 1. The van der Waals surface area contributed by atoms with E-state index in [1.807, 2.05) is 13.8 Å². The number of rotatable bonds is 8. The highest BCUT2D eigenvalue weighted by Crippen LogP contribution is 2.19. The highest BCUT2D eigenvalue weighted by atomic mass is 16.1. The summed E-state index contributed by atoms with van der Waals surface area (Å²) in [4.78, 5) is 20.7. The van der Waals surface area contributed by atoms with Crippen LogP contribution in [0.3, 0.4) is 0 Å². The van der Waals surface area contributed by atoms with Crippen molar-refractivity contribution in [3.63, 3.8) is 0 Å². The normalized spacial score (nSPS) is 11.3. The minimum Gasteiger partial charge on any atom is -0.352 e. The number of unbranched alkanes of at least 4 members (excludes halogenated alkanes) is 4. The molecule has 0 aliphatic carbocycles. The summed E-state index contributed by atoms with van der Waals surface area (Å²) < 4.78 is 1.65. The Bertz CT molecular complexity index is 620. The van der Waals surface area contributed by atoms with Gasteiger partial charge in [0.15, 0.2) is 0 Å². The Morgan fingerprint density at radius 3 is 2.73 bits per heavy atom. The van der Waals surface area contributed by atoms with Crippen LogP contribution < -0.4 is 5.32 Å². The lowest BCUT2D eigenvalue weighted by Gasteiger charge is -2.13. The summed E-state index contributed by atoms with van der Waals surface area (Å²) in [6.45, 7) is 6.98. The Hall–Kier alpha value is -1.98. The molecule has 2 rings (SSSR count). The van der Waals surface area contributed by atoms with Gasteiger partial charge in [-0.25, -0.2) is 9.50 Å². The first-order valence-corrected chi connectivity index (χ1v) is 8.12. The van der Waals surface area contributed by atoms with Gasteiger partial charge in [-0.05, 0) is 12.3 Å². The Kier molecular flexibility index (Phi) is 5.86. The minimum absolute atomic E-state index is 0.0795. The van der Waals surface area contributed by atoms with Crippen LogP contribution in [0.5, 0.6) is 0 Å². The number of fused-ring (bicyclic) bond motifs is 1. The predicted octanol–water partition coefficient (Wildman–Crippen LogP) is 2.95. The van der Waals surface area contributed by atoms with Crippen LogP contribution in [0.25, 0.3) is 5.78 Å². The number of amides is 1. The Balaban J connectivity index is 2.03. The van der Waals surface area contributed by atoms with Crippen LogP contribution in [-0.4, -0.2) is 32.0 Å². The SMILES string of the molecule is CCCCCCCNC(=O)c1cnc2ncnn2c1C(C)C. The second kappa shape index (κ2) is 7.87. The van der Waals surface area contributed by atoms with E-state index in [1.165, 1.54) is 25.6 Å². The van der Waals surface area contributed by atoms with Gasteiger partial charge in [0.1, 0.15) is 6.33 Å². The van der Waals surface area contributed by atoms with Crippen molar-refractivity contribution in [3.05, 3.63) is 23.8 Å². The van der Waals surface area contributed by atoms with Crippen molar-refractivity contribution in [1.82, 2.24) is 24.9 Å². The molecule has 0 aliphatic heterocycles. The molecule has 6 nitrogen and oxygen atoms in total. The van der Waals surface area contributed by atoms with Gasteiger partial charge in [-0.2, -0.15) is 10.1 Å². The molecule has 0 aromatic carbocycles. The van der Waals surface area contributed by atoms with Crippen LogP contribution in [0.2, 0.25) is 0 Å². The fraction of sp³-hybridized carbons (Fsp3) is 0.625. The third kappa shape index (κ3) is 3.81. The summed E-state index contributed by atoms with van der Waals surface area (Å²) in [5.41, 5.74) is 1.44. The van der Waals surface area contributed by atoms with E-state index in [0.717, 1.165) is 18.5 Å². The molecule has 2 aromatic rings. The third-order valence-electron chi connectivity index (χ3n) is 3.70. The molecule has 120 valence electrons. The molecule has 0 unspecified atom stereocenters. The summed E-state index contributed by atoms with van der Waals surface area (Å²) in [5.74, 6) is 0.612. The number of carbonyl (C=O) groups is 1. The molecular formula is C16H25N5O. The molecule has 0 fully saturated rings. The summed E-state index contributed by atoms with van der Waals surface area (Å²) >= 11 is 0. The van der Waals surface area contributed by atoms with E-state index < -0.39 is 0 Å². The smallest absolute Gasteiger partial charge is 0.254 e. The average molecular weight is 303 g/mol. The molecule has 0 spiro atoms. The molecule has 0 aliphatic rings. The van der Waals surface area contributed by atoms with Gasteiger partial charge >= 0.3 is 0 Å². The van der Waals surface area contributed by atoms with Crippen molar-refractivity contribution in [2.45, 2.75) is 58.8 Å². The fourth-order valence-electron chi connectivity index (χ4n) is 2.55. The average Bonchev–Trinajstić information content (AvgIpc) is 2.97. The highest BCUT2D eigenvalue weighted by molar-refractivity contribution is 5.95. The molecule has 0 atom stereocenters. The van der Waals surface area contributed by atoms with Gasteiger partial charge < -0.3 is 5.32 Å². The van der Waals surface area contributed by atoms with Crippen molar-refractivity contribution in [2.75, 3.05) is 6.54 Å². The zero-order valence-corrected chi connectivity index (χ0v) is 13.7. The molecule has 2 aromatic heterocycles. The van der Waals surface area contributed by atoms with E-state index in [-0.39, 0.29) is 11.8 Å². The van der Waals surface area contributed by atoms with Crippen LogP contribution in [-0.2, 0) is 0 Å². The van der Waals surface area contributed by atoms with Crippen LogP contribution in [0, 0.1) is 0 Å². The predicted molar refractivity (Wildman–Crippen MR) is 86.0 cm³/mol. The number of aromatic nitrogens is 4. The number of nitrogens with zero attached hydrogens (tertiary/aromatic N) is 4. The molecule has 0 saturated carbocycles. The van der Waals surface area contributed by atoms with Gasteiger partial charge in [-0.3, -0.25) is 4.79 Å². The zero-order valence-electron chi connectivity index (χ0n) is 13.7. The quantitative estimate of drug-likeness (QED) is 0.761. The number of hydrogen-bond donors (Lipinski definition) is 1. The third-order valence-corrected chi connectivity index (χ3v) is 3.70. The van der Waals surface area contributed by atoms with Crippen LogP contribution in [0.1, 0.15) is 74.8 Å². The van der Waals surface area contributed by atoms with E-state index in [0.29, 0.717) is 17.9 Å². The molecule has 0 saturated heterocycles. The van der Waals surface area contributed by atoms with Gasteiger partial charge in [0.25, 0.3) is 11.7 Å². The Morgan fingerprint density at radius 2 is 2.00 bits per heavy atom. The van der Waals surface area contributed by atoms with Gasteiger partial charge in [0.2, 0.25) is 0 Å². The molecular weight excluding hydrogens is 278 g/mol. The standard InChI is InChI=1S/C16H25N5O/c1-4-5-6-7-8-9-17-15(22)13-10-18-16-19-11-20-21(16)14(13)12(2)3/h10-12H,4-9H2,1-3H3,(H,17,22). The van der Waals surface area contributed by atoms with Gasteiger partial charge in [0, 0.05) is 12.7 Å². The van der Waals surface area contributed by atoms with Crippen molar-refractivity contribution in [2.24, 2.45) is 0 Å². The molecule has 1 amide bonds. The Labute approximate surface area is 131 Å². The van der Waals surface area contributed by atoms with E-state index in [2.05, 4.69) is 27.3 Å². The highest BCUT2D eigenvalue weighted by Gasteiger charge is 2.18. The maximum Gasteiger partial charge on any atom is 0.254 e. The minimum atomic E-state index is -0.0795. The van der Waals surface area contributed by atoms with Crippen LogP contribution >= 0.6 is 0 Å². The van der Waals surface area contributed by atoms with Crippen molar-refractivity contribution in [3.8, 4) is 0 Å². The first kappa shape index (κ1) is 16.4. The van der Waals surface area contributed by atoms with Gasteiger partial charge in [-0.1, -0.05) is 46.5 Å². The second-order valence-electron chi connectivity index (χ2n) is 5.85. The lowest BCUT2D eigenvalue weighted by molar-refractivity contribution is 0.0950. The lowest BCUT2D eigenvalue weighted by Crippen LogP contribution is -2.27. The summed E-state index contributed by atoms with van der Waals surface area (Å²) in [5, 5.41) is 7.16. The molecule has 1 N–H and O–H groups in total.